The maximum Gasteiger partial charge on any atom is 0.245 e. The fourth-order valence-electron chi connectivity index (χ4n) is 1.83. The van der Waals surface area contributed by atoms with E-state index >= 15 is 0 Å². The summed E-state index contributed by atoms with van der Waals surface area (Å²) in [5.74, 6) is 1.33. The van der Waals surface area contributed by atoms with Crippen molar-refractivity contribution in [1.82, 2.24) is 19.9 Å². The van der Waals surface area contributed by atoms with Gasteiger partial charge in [0.2, 0.25) is 11.8 Å². The Hall–Kier alpha value is -2.63. The van der Waals surface area contributed by atoms with Gasteiger partial charge in [0.25, 0.3) is 0 Å². The number of aromatic nitrogens is 4. The number of H-pyrrole nitrogens is 1. The van der Waals surface area contributed by atoms with Crippen molar-refractivity contribution in [3.8, 4) is 5.88 Å². The molecule has 6 nitrogen and oxygen atoms in total. The lowest BCUT2D eigenvalue weighted by atomic mass is 10.2. The molecule has 3 N–H and O–H groups in total. The molecule has 0 saturated heterocycles. The van der Waals surface area contributed by atoms with Crippen LogP contribution < -0.4 is 10.5 Å². The summed E-state index contributed by atoms with van der Waals surface area (Å²) in [6.45, 7) is 2.27. The molecule has 0 aliphatic carbocycles. The Labute approximate surface area is 109 Å². The summed E-state index contributed by atoms with van der Waals surface area (Å²) in [7, 11) is 0. The number of nitrogens with one attached hydrogen (secondary N) is 1. The summed E-state index contributed by atoms with van der Waals surface area (Å²) in [6, 6.07) is 9.86. The van der Waals surface area contributed by atoms with E-state index < -0.39 is 0 Å². The van der Waals surface area contributed by atoms with Crippen LogP contribution in [-0.4, -0.2) is 19.9 Å². The highest BCUT2D eigenvalue weighted by Crippen LogP contribution is 2.21. The van der Waals surface area contributed by atoms with Crippen LogP contribution in [0, 0.1) is 6.92 Å². The highest BCUT2D eigenvalue weighted by Gasteiger charge is 2.11. The van der Waals surface area contributed by atoms with E-state index in [1.165, 1.54) is 0 Å². The number of imidazole rings is 1. The number of nitrogens with zero attached hydrogens (tertiary/aromatic N) is 3. The van der Waals surface area contributed by atoms with Crippen LogP contribution in [0.1, 0.15) is 11.4 Å². The van der Waals surface area contributed by atoms with E-state index in [1.54, 1.807) is 0 Å². The average Bonchev–Trinajstić information content (AvgIpc) is 2.77. The average molecular weight is 255 g/mol. The highest BCUT2D eigenvalue weighted by atomic mass is 16.5. The molecule has 6 heteroatoms. The van der Waals surface area contributed by atoms with Gasteiger partial charge >= 0.3 is 0 Å². The van der Waals surface area contributed by atoms with Crippen molar-refractivity contribution in [2.45, 2.75) is 13.5 Å². The van der Waals surface area contributed by atoms with Gasteiger partial charge in [-0.1, -0.05) is 30.3 Å². The molecule has 0 fully saturated rings. The van der Waals surface area contributed by atoms with Crippen molar-refractivity contribution >= 4 is 17.1 Å². The number of fused-ring (bicyclic) bond motifs is 1. The minimum atomic E-state index is 0.155. The van der Waals surface area contributed by atoms with Crippen LogP contribution in [-0.2, 0) is 6.61 Å². The van der Waals surface area contributed by atoms with Gasteiger partial charge in [-0.05, 0) is 12.5 Å². The molecular formula is C13H13N5O. The Morgan fingerprint density at radius 2 is 1.95 bits per heavy atom. The van der Waals surface area contributed by atoms with Gasteiger partial charge in [0.1, 0.15) is 17.9 Å². The zero-order valence-corrected chi connectivity index (χ0v) is 10.4. The molecule has 0 aliphatic heterocycles. The van der Waals surface area contributed by atoms with E-state index in [1.807, 2.05) is 37.3 Å². The molecule has 0 spiro atoms. The standard InChI is InChI=1S/C13H13N5O/c1-8-15-10-11(16-8)17-13(14)18-12(10)19-7-9-5-3-2-4-6-9/h2-6H,7H2,1H3,(H3,14,15,16,17,18). The first-order valence-electron chi connectivity index (χ1n) is 5.89. The third kappa shape index (κ3) is 2.33. The SMILES string of the molecule is Cc1nc2nc(N)nc(OCc3ccccc3)c2[nH]1. The molecule has 0 aliphatic rings. The third-order valence-electron chi connectivity index (χ3n) is 2.67. The van der Waals surface area contributed by atoms with Crippen molar-refractivity contribution in [2.75, 3.05) is 5.73 Å². The fourth-order valence-corrected chi connectivity index (χ4v) is 1.83. The zero-order valence-electron chi connectivity index (χ0n) is 10.4. The predicted octanol–water partition coefficient (Wildman–Crippen LogP) is 1.82. The van der Waals surface area contributed by atoms with Gasteiger partial charge in [-0.2, -0.15) is 9.97 Å². The van der Waals surface area contributed by atoms with Gasteiger partial charge in [-0.15, -0.1) is 0 Å². The Morgan fingerprint density at radius 1 is 1.16 bits per heavy atom. The van der Waals surface area contributed by atoms with Gasteiger partial charge in [-0.25, -0.2) is 4.98 Å². The van der Waals surface area contributed by atoms with E-state index in [9.17, 15) is 0 Å². The number of rotatable bonds is 3. The molecule has 3 rings (SSSR count). The van der Waals surface area contributed by atoms with E-state index in [2.05, 4.69) is 19.9 Å². The normalized spacial score (nSPS) is 10.8. The van der Waals surface area contributed by atoms with E-state index in [-0.39, 0.29) is 5.95 Å². The van der Waals surface area contributed by atoms with Crippen LogP contribution >= 0.6 is 0 Å². The summed E-state index contributed by atoms with van der Waals surface area (Å²) >= 11 is 0. The highest BCUT2D eigenvalue weighted by molar-refractivity contribution is 5.77. The summed E-state index contributed by atoms with van der Waals surface area (Å²) in [4.78, 5) is 15.5. The minimum absolute atomic E-state index is 0.155. The second kappa shape index (κ2) is 4.56. The number of benzene rings is 1. The van der Waals surface area contributed by atoms with Crippen LogP contribution in [0.15, 0.2) is 30.3 Å². The Morgan fingerprint density at radius 3 is 2.74 bits per heavy atom. The number of aryl methyl sites for hydroxylation is 1. The molecule has 1 aromatic carbocycles. The van der Waals surface area contributed by atoms with Gasteiger partial charge in [0, 0.05) is 0 Å². The molecule has 0 radical (unpaired) electrons. The molecule has 3 aromatic rings. The van der Waals surface area contributed by atoms with Gasteiger partial charge < -0.3 is 15.5 Å². The van der Waals surface area contributed by atoms with Crippen molar-refractivity contribution in [3.05, 3.63) is 41.7 Å². The van der Waals surface area contributed by atoms with Gasteiger partial charge in [0.05, 0.1) is 0 Å². The molecule has 0 unspecified atom stereocenters. The number of nitrogens with two attached hydrogens (primary N) is 1. The van der Waals surface area contributed by atoms with E-state index in [0.29, 0.717) is 23.7 Å². The van der Waals surface area contributed by atoms with Crippen molar-refractivity contribution in [3.63, 3.8) is 0 Å². The maximum absolute atomic E-state index is 5.70. The molecule has 0 atom stereocenters. The fraction of sp³-hybridized carbons (Fsp3) is 0.154. The molecule has 2 heterocycles. The first kappa shape index (κ1) is 11.5. The van der Waals surface area contributed by atoms with Crippen molar-refractivity contribution in [2.24, 2.45) is 0 Å². The predicted molar refractivity (Wildman–Crippen MR) is 71.6 cm³/mol. The summed E-state index contributed by atoms with van der Waals surface area (Å²) in [5, 5.41) is 0. The third-order valence-corrected chi connectivity index (χ3v) is 2.67. The molecule has 2 aromatic heterocycles. The Balaban J connectivity index is 1.92. The van der Waals surface area contributed by atoms with Crippen molar-refractivity contribution in [1.29, 1.82) is 0 Å². The number of nitrogen functional groups attached to an aromatic ring is 1. The van der Waals surface area contributed by atoms with Crippen LogP contribution in [0.25, 0.3) is 11.2 Å². The second-order valence-corrected chi connectivity index (χ2v) is 4.18. The largest absolute Gasteiger partial charge is 0.471 e. The summed E-state index contributed by atoms with van der Waals surface area (Å²) in [6.07, 6.45) is 0. The van der Waals surface area contributed by atoms with Crippen LogP contribution in [0.2, 0.25) is 0 Å². The maximum atomic E-state index is 5.70. The quantitative estimate of drug-likeness (QED) is 0.745. The topological polar surface area (TPSA) is 89.7 Å². The summed E-state index contributed by atoms with van der Waals surface area (Å²) < 4.78 is 5.70. The first-order valence-corrected chi connectivity index (χ1v) is 5.89. The number of anilines is 1. The van der Waals surface area contributed by atoms with Gasteiger partial charge in [0.15, 0.2) is 5.65 Å². The molecular weight excluding hydrogens is 242 g/mol. The smallest absolute Gasteiger partial charge is 0.245 e. The van der Waals surface area contributed by atoms with Gasteiger partial charge in [-0.3, -0.25) is 0 Å². The van der Waals surface area contributed by atoms with Crippen molar-refractivity contribution < 1.29 is 4.74 Å². The minimum Gasteiger partial charge on any atom is -0.471 e. The molecule has 19 heavy (non-hydrogen) atoms. The lowest BCUT2D eigenvalue weighted by Crippen LogP contribution is -2.02. The number of aromatic amines is 1. The number of hydrogen-bond donors (Lipinski definition) is 2. The Bertz CT molecular complexity index is 708. The van der Waals surface area contributed by atoms with E-state index in [0.717, 1.165) is 11.4 Å². The monoisotopic (exact) mass is 255 g/mol. The summed E-state index contributed by atoms with van der Waals surface area (Å²) in [5.41, 5.74) is 7.90. The molecule has 0 saturated carbocycles. The molecule has 0 amide bonds. The number of hydrogen-bond acceptors (Lipinski definition) is 5. The van der Waals surface area contributed by atoms with E-state index in [4.69, 9.17) is 10.5 Å². The Kier molecular flexibility index (Phi) is 2.75. The van der Waals surface area contributed by atoms with Crippen LogP contribution in [0.3, 0.4) is 0 Å². The molecule has 96 valence electrons. The lowest BCUT2D eigenvalue weighted by molar-refractivity contribution is 0.297. The second-order valence-electron chi connectivity index (χ2n) is 4.18. The number of ether oxygens (including phenoxy) is 1. The van der Waals surface area contributed by atoms with Crippen LogP contribution in [0.5, 0.6) is 5.88 Å². The lowest BCUT2D eigenvalue weighted by Gasteiger charge is -2.06. The molecule has 0 bridgehead atoms. The van der Waals surface area contributed by atoms with Crippen LogP contribution in [0.4, 0.5) is 5.95 Å². The zero-order chi connectivity index (χ0) is 13.2. The first-order chi connectivity index (χ1) is 9.22.